The molecule has 0 radical (unpaired) electrons. The van der Waals surface area contributed by atoms with E-state index >= 15 is 0 Å². The van der Waals surface area contributed by atoms with E-state index in [0.29, 0.717) is 25.2 Å². The average Bonchev–Trinajstić information content (AvgIpc) is 3.10. The molecule has 24 heavy (non-hydrogen) atoms. The second-order valence-corrected chi connectivity index (χ2v) is 5.58. The number of rotatable bonds is 7. The minimum Gasteiger partial charge on any atom is -0.508 e. The Morgan fingerprint density at radius 2 is 2.00 bits per heavy atom. The van der Waals surface area contributed by atoms with Crippen molar-refractivity contribution in [3.63, 3.8) is 0 Å². The van der Waals surface area contributed by atoms with Gasteiger partial charge in [-0.2, -0.15) is 0 Å². The predicted molar refractivity (Wildman–Crippen MR) is 93.4 cm³/mol. The lowest BCUT2D eigenvalue weighted by molar-refractivity contribution is 0.0954. The number of aliphatic imine (C=N–C) groups is 1. The van der Waals surface area contributed by atoms with Crippen LogP contribution in [0.3, 0.4) is 0 Å². The highest BCUT2D eigenvalue weighted by atomic mass is 16.5. The Bertz CT molecular complexity index is 539. The Balaban J connectivity index is 1.70. The van der Waals surface area contributed by atoms with Crippen LogP contribution in [0.1, 0.15) is 30.1 Å². The van der Waals surface area contributed by atoms with Crippen molar-refractivity contribution < 1.29 is 14.6 Å². The van der Waals surface area contributed by atoms with Crippen LogP contribution < -0.4 is 16.0 Å². The van der Waals surface area contributed by atoms with Crippen LogP contribution >= 0.6 is 0 Å². The van der Waals surface area contributed by atoms with Gasteiger partial charge >= 0.3 is 0 Å². The van der Waals surface area contributed by atoms with E-state index in [-0.39, 0.29) is 17.8 Å². The molecule has 1 saturated heterocycles. The fourth-order valence-corrected chi connectivity index (χ4v) is 2.39. The number of guanidine groups is 1. The molecule has 1 fully saturated rings. The number of phenols is 1. The average molecular weight is 334 g/mol. The van der Waals surface area contributed by atoms with Crippen LogP contribution in [-0.2, 0) is 4.74 Å². The quantitative estimate of drug-likeness (QED) is 0.337. The summed E-state index contributed by atoms with van der Waals surface area (Å²) >= 11 is 0. The number of nitrogens with zero attached hydrogens (tertiary/aromatic N) is 1. The molecule has 7 heteroatoms. The van der Waals surface area contributed by atoms with Gasteiger partial charge in [0.25, 0.3) is 5.91 Å². The van der Waals surface area contributed by atoms with E-state index in [1.165, 1.54) is 12.1 Å². The molecule has 7 nitrogen and oxygen atoms in total. The summed E-state index contributed by atoms with van der Waals surface area (Å²) in [5.74, 6) is 0.705. The van der Waals surface area contributed by atoms with Crippen LogP contribution in [0.2, 0.25) is 0 Å². The summed E-state index contributed by atoms with van der Waals surface area (Å²) in [6.07, 6.45) is 2.38. The molecule has 0 bridgehead atoms. The maximum Gasteiger partial charge on any atom is 0.251 e. The molecular formula is C17H26N4O3. The van der Waals surface area contributed by atoms with Gasteiger partial charge in [-0.05, 0) is 44.0 Å². The molecular weight excluding hydrogens is 308 g/mol. The van der Waals surface area contributed by atoms with Gasteiger partial charge in [0.2, 0.25) is 0 Å². The number of nitrogens with one attached hydrogen (secondary N) is 3. The third kappa shape index (κ3) is 6.08. The van der Waals surface area contributed by atoms with Crippen molar-refractivity contribution in [3.8, 4) is 5.75 Å². The number of benzene rings is 1. The molecule has 1 heterocycles. The van der Waals surface area contributed by atoms with Gasteiger partial charge in [0.15, 0.2) is 5.96 Å². The van der Waals surface area contributed by atoms with Gasteiger partial charge in [0, 0.05) is 31.8 Å². The number of hydrogen-bond donors (Lipinski definition) is 4. The van der Waals surface area contributed by atoms with Crippen molar-refractivity contribution in [2.75, 3.05) is 32.8 Å². The normalized spacial score (nSPS) is 17.5. The fraction of sp³-hybridized carbons (Fsp3) is 0.529. The maximum absolute atomic E-state index is 11.9. The number of amides is 1. The summed E-state index contributed by atoms with van der Waals surface area (Å²) in [6.45, 7) is 5.31. The first-order valence-corrected chi connectivity index (χ1v) is 8.40. The summed E-state index contributed by atoms with van der Waals surface area (Å²) in [7, 11) is 0. The number of carbonyl (C=O) groups is 1. The summed E-state index contributed by atoms with van der Waals surface area (Å²) in [4.78, 5) is 16.5. The highest BCUT2D eigenvalue weighted by Crippen LogP contribution is 2.11. The van der Waals surface area contributed by atoms with Gasteiger partial charge in [-0.1, -0.05) is 0 Å². The molecule has 2 rings (SSSR count). The van der Waals surface area contributed by atoms with E-state index in [2.05, 4.69) is 20.9 Å². The molecule has 1 atom stereocenters. The second-order valence-electron chi connectivity index (χ2n) is 5.58. The fourth-order valence-electron chi connectivity index (χ4n) is 2.39. The van der Waals surface area contributed by atoms with E-state index in [1.54, 1.807) is 12.1 Å². The molecule has 1 aromatic rings. The topological polar surface area (TPSA) is 95.0 Å². The zero-order valence-corrected chi connectivity index (χ0v) is 14.0. The number of phenolic OH excluding ortho intramolecular Hbond substituents is 1. The Hall–Kier alpha value is -2.28. The van der Waals surface area contributed by atoms with Crippen LogP contribution in [-0.4, -0.2) is 55.9 Å². The minimum atomic E-state index is -0.168. The Morgan fingerprint density at radius 3 is 2.67 bits per heavy atom. The van der Waals surface area contributed by atoms with Gasteiger partial charge in [-0.15, -0.1) is 0 Å². The summed E-state index contributed by atoms with van der Waals surface area (Å²) in [5, 5.41) is 18.4. The first kappa shape index (κ1) is 18.1. The first-order chi connectivity index (χ1) is 11.7. The summed E-state index contributed by atoms with van der Waals surface area (Å²) in [5.41, 5.74) is 0.520. The SMILES string of the molecule is CCNC(=NCC1CCCO1)NCCNC(=O)c1ccc(O)cc1. The molecule has 0 aliphatic carbocycles. The lowest BCUT2D eigenvalue weighted by Crippen LogP contribution is -2.42. The van der Waals surface area contributed by atoms with E-state index in [9.17, 15) is 9.90 Å². The molecule has 1 aliphatic heterocycles. The van der Waals surface area contributed by atoms with Crippen LogP contribution in [0, 0.1) is 0 Å². The number of aromatic hydroxyl groups is 1. The largest absolute Gasteiger partial charge is 0.508 e. The summed E-state index contributed by atoms with van der Waals surface area (Å²) < 4.78 is 5.56. The molecule has 0 spiro atoms. The van der Waals surface area contributed by atoms with Crippen molar-refractivity contribution >= 4 is 11.9 Å². The first-order valence-electron chi connectivity index (χ1n) is 8.40. The molecule has 132 valence electrons. The van der Waals surface area contributed by atoms with Crippen molar-refractivity contribution in [2.24, 2.45) is 4.99 Å². The minimum absolute atomic E-state index is 0.144. The van der Waals surface area contributed by atoms with Crippen LogP contribution in [0.4, 0.5) is 0 Å². The molecule has 1 amide bonds. The van der Waals surface area contributed by atoms with E-state index < -0.39 is 0 Å². The summed E-state index contributed by atoms with van der Waals surface area (Å²) in [6, 6.07) is 6.17. The molecule has 1 unspecified atom stereocenters. The van der Waals surface area contributed by atoms with Crippen molar-refractivity contribution in [1.82, 2.24) is 16.0 Å². The Morgan fingerprint density at radius 1 is 1.25 bits per heavy atom. The number of carbonyl (C=O) groups excluding carboxylic acids is 1. The zero-order valence-electron chi connectivity index (χ0n) is 14.0. The van der Waals surface area contributed by atoms with Gasteiger partial charge in [0.05, 0.1) is 12.6 Å². The van der Waals surface area contributed by atoms with E-state index in [1.807, 2.05) is 6.92 Å². The van der Waals surface area contributed by atoms with Crippen LogP contribution in [0.5, 0.6) is 5.75 Å². The third-order valence-corrected chi connectivity index (χ3v) is 3.65. The van der Waals surface area contributed by atoms with E-state index in [4.69, 9.17) is 4.74 Å². The monoisotopic (exact) mass is 334 g/mol. The zero-order chi connectivity index (χ0) is 17.2. The number of ether oxygens (including phenoxy) is 1. The third-order valence-electron chi connectivity index (χ3n) is 3.65. The molecule has 0 aromatic heterocycles. The predicted octanol–water partition coefficient (Wildman–Crippen LogP) is 0.856. The molecule has 1 aromatic carbocycles. The molecule has 4 N–H and O–H groups in total. The standard InChI is InChI=1S/C17H26N4O3/c1-2-18-17(21-12-15-4-3-11-24-15)20-10-9-19-16(23)13-5-7-14(22)8-6-13/h5-8,15,22H,2-4,9-12H2,1H3,(H,19,23)(H2,18,20,21). The van der Waals surface area contributed by atoms with Crippen molar-refractivity contribution in [2.45, 2.75) is 25.9 Å². The van der Waals surface area contributed by atoms with Crippen molar-refractivity contribution in [1.29, 1.82) is 0 Å². The van der Waals surface area contributed by atoms with E-state index in [0.717, 1.165) is 32.0 Å². The lowest BCUT2D eigenvalue weighted by Gasteiger charge is -2.13. The number of hydrogen-bond acceptors (Lipinski definition) is 4. The van der Waals surface area contributed by atoms with Gasteiger partial charge in [-0.3, -0.25) is 9.79 Å². The maximum atomic E-state index is 11.9. The van der Waals surface area contributed by atoms with Gasteiger partial charge in [-0.25, -0.2) is 0 Å². The van der Waals surface area contributed by atoms with Crippen LogP contribution in [0.15, 0.2) is 29.3 Å². The smallest absolute Gasteiger partial charge is 0.251 e. The Labute approximate surface area is 142 Å². The van der Waals surface area contributed by atoms with Crippen molar-refractivity contribution in [3.05, 3.63) is 29.8 Å². The lowest BCUT2D eigenvalue weighted by atomic mass is 10.2. The second kappa shape index (κ2) is 9.77. The van der Waals surface area contributed by atoms with Gasteiger partial charge in [0.1, 0.15) is 5.75 Å². The van der Waals surface area contributed by atoms with Crippen LogP contribution in [0.25, 0.3) is 0 Å². The Kier molecular flexibility index (Phi) is 7.35. The highest BCUT2D eigenvalue weighted by molar-refractivity contribution is 5.94. The molecule has 0 saturated carbocycles. The molecule has 1 aliphatic rings. The van der Waals surface area contributed by atoms with Gasteiger partial charge < -0.3 is 25.8 Å². The highest BCUT2D eigenvalue weighted by Gasteiger charge is 2.14.